The van der Waals surface area contributed by atoms with Crippen molar-refractivity contribution in [1.29, 1.82) is 0 Å². The molecule has 6 heteroatoms. The molecule has 6 nitrogen and oxygen atoms in total. The number of imidazole rings is 1. The average molecular weight is 546 g/mol. The van der Waals surface area contributed by atoms with E-state index in [1.807, 2.05) is 73.8 Å². The summed E-state index contributed by atoms with van der Waals surface area (Å²) in [5.74, 6) is 1.91. The van der Waals surface area contributed by atoms with Gasteiger partial charge in [0.2, 0.25) is 0 Å². The first-order valence-electron chi connectivity index (χ1n) is 13.8. The molecule has 0 radical (unpaired) electrons. The molecular formula is C36H27N5O. The average Bonchev–Trinajstić information content (AvgIpc) is 3.28. The summed E-state index contributed by atoms with van der Waals surface area (Å²) in [5, 5.41) is 0. The summed E-state index contributed by atoms with van der Waals surface area (Å²) in [6, 6.07) is 42.9. The quantitative estimate of drug-likeness (QED) is 0.226. The van der Waals surface area contributed by atoms with Crippen molar-refractivity contribution in [3.63, 3.8) is 0 Å². The van der Waals surface area contributed by atoms with E-state index in [9.17, 15) is 4.79 Å². The van der Waals surface area contributed by atoms with E-state index in [0.717, 1.165) is 50.0 Å². The number of aromatic nitrogens is 5. The lowest BCUT2D eigenvalue weighted by atomic mass is 9.98. The molecule has 42 heavy (non-hydrogen) atoms. The van der Waals surface area contributed by atoms with Crippen molar-refractivity contribution < 1.29 is 0 Å². The van der Waals surface area contributed by atoms with Gasteiger partial charge in [-0.1, -0.05) is 109 Å². The summed E-state index contributed by atoms with van der Waals surface area (Å²) >= 11 is 0. The minimum Gasteiger partial charge on any atom is -0.295 e. The van der Waals surface area contributed by atoms with Crippen molar-refractivity contribution in [2.75, 3.05) is 0 Å². The van der Waals surface area contributed by atoms with Gasteiger partial charge >= 0.3 is 5.69 Å². The molecule has 202 valence electrons. The van der Waals surface area contributed by atoms with Crippen LogP contribution in [0.2, 0.25) is 0 Å². The first-order chi connectivity index (χ1) is 20.5. The van der Waals surface area contributed by atoms with Gasteiger partial charge in [-0.05, 0) is 40.5 Å². The zero-order valence-corrected chi connectivity index (χ0v) is 23.3. The highest BCUT2D eigenvalue weighted by Gasteiger charge is 2.13. The summed E-state index contributed by atoms with van der Waals surface area (Å²) in [4.78, 5) is 26.9. The maximum Gasteiger partial charge on any atom is 0.328 e. The number of benzene rings is 5. The predicted octanol–water partition coefficient (Wildman–Crippen LogP) is 7.40. The van der Waals surface area contributed by atoms with E-state index in [2.05, 4.69) is 60.7 Å². The lowest BCUT2D eigenvalue weighted by molar-refractivity contribution is 0.795. The molecule has 0 saturated carbocycles. The third-order valence-corrected chi connectivity index (χ3v) is 7.64. The number of hydrogen-bond donors (Lipinski definition) is 0. The molecule has 0 aliphatic rings. The van der Waals surface area contributed by atoms with E-state index in [-0.39, 0.29) is 5.69 Å². The van der Waals surface area contributed by atoms with Crippen LogP contribution in [0, 0.1) is 0 Å². The van der Waals surface area contributed by atoms with E-state index in [0.29, 0.717) is 17.5 Å². The number of fused-ring (bicyclic) bond motifs is 1. The first-order valence-corrected chi connectivity index (χ1v) is 13.8. The minimum absolute atomic E-state index is 0.0269. The van der Waals surface area contributed by atoms with E-state index in [1.54, 1.807) is 16.2 Å². The fraction of sp³-hybridized carbons (Fsp3) is 0.0556. The molecule has 2 aromatic heterocycles. The molecule has 5 aromatic carbocycles. The molecule has 0 fully saturated rings. The molecule has 0 bridgehead atoms. The third kappa shape index (κ3) is 4.59. The van der Waals surface area contributed by atoms with Crippen LogP contribution < -0.4 is 5.69 Å². The first kappa shape index (κ1) is 25.4. The summed E-state index contributed by atoms with van der Waals surface area (Å²) in [6.45, 7) is 0. The zero-order valence-electron chi connectivity index (χ0n) is 23.3. The smallest absolute Gasteiger partial charge is 0.295 e. The van der Waals surface area contributed by atoms with Crippen LogP contribution in [0.1, 0.15) is 0 Å². The molecule has 0 aliphatic heterocycles. The molecule has 0 N–H and O–H groups in total. The Labute approximate surface area is 243 Å². The van der Waals surface area contributed by atoms with Crippen LogP contribution in [0.25, 0.3) is 67.5 Å². The second-order valence-electron chi connectivity index (χ2n) is 10.3. The van der Waals surface area contributed by atoms with Gasteiger partial charge in [0.15, 0.2) is 17.5 Å². The largest absolute Gasteiger partial charge is 0.328 e. The molecule has 2 heterocycles. The fourth-order valence-electron chi connectivity index (χ4n) is 5.31. The molecule has 7 aromatic rings. The molecule has 0 atom stereocenters. The van der Waals surface area contributed by atoms with Crippen LogP contribution in [-0.4, -0.2) is 24.1 Å². The molecule has 0 amide bonds. The molecule has 0 saturated heterocycles. The second kappa shape index (κ2) is 10.4. The Hall–Kier alpha value is -5.62. The summed E-state index contributed by atoms with van der Waals surface area (Å²) < 4.78 is 3.37. The lowest BCUT2D eigenvalue weighted by Gasteiger charge is -2.10. The van der Waals surface area contributed by atoms with Crippen molar-refractivity contribution in [2.45, 2.75) is 0 Å². The summed E-state index contributed by atoms with van der Waals surface area (Å²) in [5.41, 5.74) is 8.96. The number of hydrogen-bond acceptors (Lipinski definition) is 4. The Kier molecular flexibility index (Phi) is 6.28. The van der Waals surface area contributed by atoms with Crippen molar-refractivity contribution in [3.8, 4) is 56.4 Å². The lowest BCUT2D eigenvalue weighted by Crippen LogP contribution is -2.19. The third-order valence-electron chi connectivity index (χ3n) is 7.64. The summed E-state index contributed by atoms with van der Waals surface area (Å²) in [7, 11) is 3.61. The molecule has 0 spiro atoms. The molecule has 0 aliphatic carbocycles. The Morgan fingerprint density at radius 3 is 1.38 bits per heavy atom. The van der Waals surface area contributed by atoms with Gasteiger partial charge in [0.05, 0.1) is 11.0 Å². The number of nitrogens with zero attached hydrogens (tertiary/aromatic N) is 5. The second-order valence-corrected chi connectivity index (χ2v) is 10.3. The SMILES string of the molecule is Cn1c(=O)n(C)c2cc(-c3cccc(-c4ccc(-c5nc(-c6ccccc6)nc(-c6ccccc6)n5)cc4)c3)ccc21. The zero-order chi connectivity index (χ0) is 28.6. The van der Waals surface area contributed by atoms with Gasteiger partial charge in [0, 0.05) is 30.8 Å². The normalized spacial score (nSPS) is 11.2. The van der Waals surface area contributed by atoms with Crippen LogP contribution in [0.5, 0.6) is 0 Å². The van der Waals surface area contributed by atoms with E-state index < -0.39 is 0 Å². The molecular weight excluding hydrogens is 518 g/mol. The van der Waals surface area contributed by atoms with E-state index >= 15 is 0 Å². The van der Waals surface area contributed by atoms with Crippen LogP contribution in [-0.2, 0) is 14.1 Å². The van der Waals surface area contributed by atoms with E-state index in [4.69, 9.17) is 15.0 Å². The van der Waals surface area contributed by atoms with Crippen LogP contribution >= 0.6 is 0 Å². The highest BCUT2D eigenvalue weighted by atomic mass is 16.1. The molecule has 7 rings (SSSR count). The van der Waals surface area contributed by atoms with Crippen molar-refractivity contribution >= 4 is 11.0 Å². The Bertz CT molecular complexity index is 2050. The van der Waals surface area contributed by atoms with Gasteiger partial charge in [0.25, 0.3) is 0 Å². The van der Waals surface area contributed by atoms with Crippen molar-refractivity contribution in [1.82, 2.24) is 24.1 Å². The van der Waals surface area contributed by atoms with Crippen molar-refractivity contribution in [3.05, 3.63) is 138 Å². The maximum absolute atomic E-state index is 12.4. The predicted molar refractivity (Wildman–Crippen MR) is 169 cm³/mol. The molecule has 0 unspecified atom stereocenters. The van der Waals surface area contributed by atoms with Gasteiger partial charge in [-0.2, -0.15) is 0 Å². The highest BCUT2D eigenvalue weighted by Crippen LogP contribution is 2.30. The van der Waals surface area contributed by atoms with E-state index in [1.165, 1.54) is 0 Å². The van der Waals surface area contributed by atoms with Gasteiger partial charge in [-0.3, -0.25) is 9.13 Å². The Morgan fingerprint density at radius 2 is 0.810 bits per heavy atom. The van der Waals surface area contributed by atoms with Crippen molar-refractivity contribution in [2.24, 2.45) is 14.1 Å². The Balaban J connectivity index is 1.25. The van der Waals surface area contributed by atoms with Gasteiger partial charge in [0.1, 0.15) is 0 Å². The van der Waals surface area contributed by atoms with Gasteiger partial charge < -0.3 is 0 Å². The fourth-order valence-corrected chi connectivity index (χ4v) is 5.31. The summed E-state index contributed by atoms with van der Waals surface area (Å²) in [6.07, 6.45) is 0. The highest BCUT2D eigenvalue weighted by molar-refractivity contribution is 5.84. The maximum atomic E-state index is 12.4. The van der Waals surface area contributed by atoms with Gasteiger partial charge in [-0.15, -0.1) is 0 Å². The monoisotopic (exact) mass is 545 g/mol. The van der Waals surface area contributed by atoms with Crippen LogP contribution in [0.4, 0.5) is 0 Å². The Morgan fingerprint density at radius 1 is 0.405 bits per heavy atom. The van der Waals surface area contributed by atoms with Crippen LogP contribution in [0.15, 0.2) is 132 Å². The van der Waals surface area contributed by atoms with Gasteiger partial charge in [-0.25, -0.2) is 19.7 Å². The number of aryl methyl sites for hydroxylation is 2. The minimum atomic E-state index is -0.0269. The topological polar surface area (TPSA) is 65.6 Å². The van der Waals surface area contributed by atoms with Crippen LogP contribution in [0.3, 0.4) is 0 Å². The standard InChI is InChI=1S/C36H27N5O/c1-40-31-21-20-30(23-32(31)41(2)36(40)42)29-15-9-14-28(22-29)24-16-18-27(19-17-24)35-38-33(25-10-5-3-6-11-25)37-34(39-35)26-12-7-4-8-13-26/h3-23H,1-2H3. The number of rotatable bonds is 5.